The van der Waals surface area contributed by atoms with Gasteiger partial charge in [-0.1, -0.05) is 13.3 Å². The summed E-state index contributed by atoms with van der Waals surface area (Å²) in [5.41, 5.74) is -0.512. The molecule has 0 unspecified atom stereocenters. The van der Waals surface area contributed by atoms with Crippen molar-refractivity contribution in [2.75, 3.05) is 37.5 Å². The lowest BCUT2D eigenvalue weighted by atomic mass is 10.0. The van der Waals surface area contributed by atoms with Gasteiger partial charge in [0.25, 0.3) is 6.20 Å². The number of carbonyl (C=O) groups is 1. The molecule has 0 N–H and O–H groups in total. The predicted octanol–water partition coefficient (Wildman–Crippen LogP) is 0.896. The third-order valence-corrected chi connectivity index (χ3v) is 5.16. The maximum atomic E-state index is 11.8. The van der Waals surface area contributed by atoms with Gasteiger partial charge in [-0.25, -0.2) is 8.42 Å². The molecule has 1 aromatic rings. The first-order chi connectivity index (χ1) is 11.6. The van der Waals surface area contributed by atoms with Crippen LogP contribution in [0, 0.1) is 0 Å². The van der Waals surface area contributed by atoms with Crippen LogP contribution < -0.4 is 9.80 Å². The molecule has 2 rings (SSSR count). The van der Waals surface area contributed by atoms with E-state index < -0.39 is 21.7 Å². The van der Waals surface area contributed by atoms with Crippen LogP contribution in [-0.2, 0) is 14.8 Å². The Bertz CT molecular complexity index is 702. The molecule has 1 aliphatic heterocycles. The van der Waals surface area contributed by atoms with Crippen molar-refractivity contribution >= 4 is 22.0 Å². The first-order valence-corrected chi connectivity index (χ1v) is 9.98. The summed E-state index contributed by atoms with van der Waals surface area (Å²) < 4.78 is 34.9. The van der Waals surface area contributed by atoms with Crippen molar-refractivity contribution in [1.29, 1.82) is 0 Å². The van der Waals surface area contributed by atoms with Gasteiger partial charge in [-0.15, -0.1) is 5.01 Å². The molecule has 0 atom stereocenters. The Morgan fingerprint density at radius 2 is 2.20 bits per heavy atom. The summed E-state index contributed by atoms with van der Waals surface area (Å²) in [6, 6.07) is 0. The Morgan fingerprint density at radius 3 is 2.80 bits per heavy atom. The second-order valence-corrected chi connectivity index (χ2v) is 8.55. The molecule has 0 spiro atoms. The highest BCUT2D eigenvalue weighted by molar-refractivity contribution is 7.88. The van der Waals surface area contributed by atoms with Crippen LogP contribution in [0.15, 0.2) is 10.7 Å². The van der Waals surface area contributed by atoms with E-state index in [0.29, 0.717) is 26.2 Å². The summed E-state index contributed by atoms with van der Waals surface area (Å²) in [4.78, 5) is 13.0. The molecule has 0 aliphatic carbocycles. The monoisotopic (exact) mass is 375 g/mol. The van der Waals surface area contributed by atoms with Gasteiger partial charge in [0, 0.05) is 13.1 Å². The van der Waals surface area contributed by atoms with Gasteiger partial charge in [0.15, 0.2) is 0 Å². The van der Waals surface area contributed by atoms with Gasteiger partial charge in [-0.2, -0.15) is 4.31 Å². The van der Waals surface area contributed by atoms with Crippen molar-refractivity contribution in [1.82, 2.24) is 9.58 Å². The number of hydrogen-bond acceptors (Lipinski definition) is 7. The topological polar surface area (TPSA) is 111 Å². The summed E-state index contributed by atoms with van der Waals surface area (Å²) in [7, 11) is -3.25. The molecule has 0 radical (unpaired) electrons. The maximum Gasteiger partial charge on any atom is 0.257 e. The lowest BCUT2D eigenvalue weighted by Gasteiger charge is -2.40. The number of ether oxygens (including phenoxy) is 1. The highest BCUT2D eigenvalue weighted by atomic mass is 32.2. The van der Waals surface area contributed by atoms with Gasteiger partial charge in [0.1, 0.15) is 11.4 Å². The van der Waals surface area contributed by atoms with Crippen LogP contribution in [-0.4, -0.2) is 62.1 Å². The molecule has 10 nitrogen and oxygen atoms in total. The minimum atomic E-state index is -3.25. The molecule has 1 aliphatic rings. The summed E-state index contributed by atoms with van der Waals surface area (Å²) in [6.07, 6.45) is 3.64. The van der Waals surface area contributed by atoms with Gasteiger partial charge in [0.05, 0.1) is 24.2 Å². The molecular formula is C14H25N5O5S. The molecule has 1 amide bonds. The third kappa shape index (κ3) is 5.05. The number of rotatable bonds is 6. The van der Waals surface area contributed by atoms with Crippen LogP contribution in [0.3, 0.4) is 0 Å². The average molecular weight is 375 g/mol. The zero-order valence-corrected chi connectivity index (χ0v) is 15.8. The van der Waals surface area contributed by atoms with Gasteiger partial charge in [-0.05, 0) is 20.3 Å². The number of carbonyl (C=O) groups excluding carboxylic acids is 1. The minimum Gasteiger partial charge on any atom is -0.552 e. The molecule has 25 heavy (non-hydrogen) atoms. The van der Waals surface area contributed by atoms with E-state index in [-0.39, 0.29) is 5.88 Å². The smallest absolute Gasteiger partial charge is 0.257 e. The van der Waals surface area contributed by atoms with Crippen LogP contribution in [0.25, 0.3) is 5.32 Å². The highest BCUT2D eigenvalue weighted by Gasteiger charge is 2.43. The molecule has 1 saturated heterocycles. The van der Waals surface area contributed by atoms with Crippen molar-refractivity contribution in [2.24, 2.45) is 0 Å². The van der Waals surface area contributed by atoms with Gasteiger partial charge in [-0.3, -0.25) is 4.79 Å². The quantitative estimate of drug-likeness (QED) is 0.536. The predicted molar refractivity (Wildman–Crippen MR) is 89.6 cm³/mol. The van der Waals surface area contributed by atoms with E-state index in [1.54, 1.807) is 0 Å². The Hall–Kier alpha value is -1.88. The second kappa shape index (κ2) is 7.56. The number of amides is 1. The summed E-state index contributed by atoms with van der Waals surface area (Å²) >= 11 is 0. The Labute approximate surface area is 147 Å². The Balaban J connectivity index is 2.01. The van der Waals surface area contributed by atoms with Crippen LogP contribution in [0.4, 0.5) is 10.7 Å². The van der Waals surface area contributed by atoms with E-state index in [1.807, 2.05) is 25.8 Å². The van der Waals surface area contributed by atoms with E-state index >= 15 is 0 Å². The fourth-order valence-electron chi connectivity index (χ4n) is 2.58. The van der Waals surface area contributed by atoms with Gasteiger partial charge < -0.3 is 14.6 Å². The molecule has 0 bridgehead atoms. The number of hydrogen-bond donors (Lipinski definition) is 0. The van der Waals surface area contributed by atoms with Crippen molar-refractivity contribution in [2.45, 2.75) is 39.2 Å². The number of piperazine rings is 1. The lowest BCUT2D eigenvalue weighted by Crippen LogP contribution is -2.74. The van der Waals surface area contributed by atoms with Crippen molar-refractivity contribution in [3.63, 3.8) is 0 Å². The zero-order valence-electron chi connectivity index (χ0n) is 15.0. The summed E-state index contributed by atoms with van der Waals surface area (Å²) in [6.45, 7) is 7.20. The number of aromatic nitrogens is 2. The second-order valence-electron chi connectivity index (χ2n) is 6.57. The molecule has 11 heteroatoms. The summed E-state index contributed by atoms with van der Waals surface area (Å²) in [5.74, 6) is 0.0304. The van der Waals surface area contributed by atoms with E-state index in [4.69, 9.17) is 9.26 Å². The molecular weight excluding hydrogens is 350 g/mol. The highest BCUT2D eigenvalue weighted by Crippen LogP contribution is 2.21. The fourth-order valence-corrected chi connectivity index (χ4v) is 3.55. The third-order valence-electron chi connectivity index (χ3n) is 3.91. The maximum absolute atomic E-state index is 11.8. The molecule has 2 heterocycles. The Kier molecular flexibility index (Phi) is 5.88. The van der Waals surface area contributed by atoms with E-state index in [0.717, 1.165) is 12.8 Å². The number of nitrogens with zero attached hydrogens (tertiary/aromatic N) is 5. The molecule has 1 aromatic heterocycles. The standard InChI is InChI=1S/C14H25N5O5S/c1-5-6-9-23-13(20)15-12-10-19(16-24-12)18-8-7-17(25(4,21)22)11-14(18,2)3/h10H,5-9,11H2,1-4H3. The average Bonchev–Trinajstić information content (AvgIpc) is 2.93. The molecule has 0 saturated carbocycles. The van der Waals surface area contributed by atoms with Gasteiger partial charge in [0.2, 0.25) is 21.4 Å². The van der Waals surface area contributed by atoms with E-state index in [1.165, 1.54) is 21.5 Å². The first-order valence-electron chi connectivity index (χ1n) is 8.13. The number of unbranched alkanes of at least 4 members (excludes halogenated alkanes) is 1. The van der Waals surface area contributed by atoms with E-state index in [2.05, 4.69) is 10.6 Å². The zero-order chi connectivity index (χ0) is 18.7. The SMILES string of the molecule is CCCCOC(=O)[N-]c1c[n+](N2CCN(S(C)(=O)=O)CC2(C)C)no1. The van der Waals surface area contributed by atoms with Crippen molar-refractivity contribution < 1.29 is 27.3 Å². The van der Waals surface area contributed by atoms with Crippen LogP contribution in [0.5, 0.6) is 0 Å². The molecule has 1 fully saturated rings. The summed E-state index contributed by atoms with van der Waals surface area (Å²) in [5, 5.41) is 9.44. The van der Waals surface area contributed by atoms with Crippen LogP contribution in [0.2, 0.25) is 0 Å². The van der Waals surface area contributed by atoms with E-state index in [9.17, 15) is 13.2 Å². The van der Waals surface area contributed by atoms with Crippen molar-refractivity contribution in [3.8, 4) is 0 Å². The van der Waals surface area contributed by atoms with Crippen molar-refractivity contribution in [3.05, 3.63) is 11.5 Å². The van der Waals surface area contributed by atoms with Crippen LogP contribution >= 0.6 is 0 Å². The molecule has 142 valence electrons. The van der Waals surface area contributed by atoms with Gasteiger partial charge >= 0.3 is 0 Å². The normalized spacial score (nSPS) is 18.2. The lowest BCUT2D eigenvalue weighted by molar-refractivity contribution is -0.766. The first kappa shape index (κ1) is 19.4. The minimum absolute atomic E-state index is 0.0304. The number of sulfonamides is 1. The Morgan fingerprint density at radius 1 is 1.48 bits per heavy atom. The largest absolute Gasteiger partial charge is 0.552 e. The fraction of sp³-hybridized carbons (Fsp3) is 0.786. The van der Waals surface area contributed by atoms with Crippen LogP contribution in [0.1, 0.15) is 33.6 Å². The molecule has 0 aromatic carbocycles.